The van der Waals surface area contributed by atoms with Crippen LogP contribution < -0.4 is 14.2 Å². The third kappa shape index (κ3) is 2.77. The zero-order chi connectivity index (χ0) is 18.1. The highest BCUT2D eigenvalue weighted by molar-refractivity contribution is 5.80. The van der Waals surface area contributed by atoms with Gasteiger partial charge in [0.2, 0.25) is 0 Å². The van der Waals surface area contributed by atoms with Crippen molar-refractivity contribution in [3.8, 4) is 17.2 Å². The number of nitrogens with zero attached hydrogens (tertiary/aromatic N) is 1. The van der Waals surface area contributed by atoms with E-state index >= 15 is 0 Å². The van der Waals surface area contributed by atoms with Crippen LogP contribution in [-0.2, 0) is 11.2 Å². The Balaban J connectivity index is 1.88. The van der Waals surface area contributed by atoms with Crippen LogP contribution in [0.15, 0.2) is 36.4 Å². The SMILES string of the molecule is CCOc1cc2c(cc1OCC)[C@H]1c3ccccc3OCC(=O)N1CC2. The van der Waals surface area contributed by atoms with Crippen molar-refractivity contribution in [1.29, 1.82) is 0 Å². The van der Waals surface area contributed by atoms with Crippen LogP contribution in [0.3, 0.4) is 0 Å². The van der Waals surface area contributed by atoms with Gasteiger partial charge in [0.1, 0.15) is 5.75 Å². The predicted molar refractivity (Wildman–Crippen MR) is 98.0 cm³/mol. The van der Waals surface area contributed by atoms with E-state index in [0.29, 0.717) is 19.8 Å². The third-order valence-corrected chi connectivity index (χ3v) is 4.92. The molecule has 0 saturated carbocycles. The fourth-order valence-corrected chi connectivity index (χ4v) is 3.83. The van der Waals surface area contributed by atoms with Gasteiger partial charge in [0, 0.05) is 12.1 Å². The van der Waals surface area contributed by atoms with Crippen LogP contribution in [0.1, 0.15) is 36.6 Å². The highest BCUT2D eigenvalue weighted by Crippen LogP contribution is 2.44. The maximum absolute atomic E-state index is 12.7. The quantitative estimate of drug-likeness (QED) is 0.846. The third-order valence-electron chi connectivity index (χ3n) is 4.92. The molecule has 0 aliphatic carbocycles. The first kappa shape index (κ1) is 16.8. The summed E-state index contributed by atoms with van der Waals surface area (Å²) in [4.78, 5) is 14.6. The average Bonchev–Trinajstić information content (AvgIpc) is 2.80. The van der Waals surface area contributed by atoms with Crippen LogP contribution in [-0.4, -0.2) is 37.2 Å². The van der Waals surface area contributed by atoms with Gasteiger partial charge in [0.25, 0.3) is 5.91 Å². The number of fused-ring (bicyclic) bond motifs is 5. The second kappa shape index (κ2) is 6.90. The lowest BCUT2D eigenvalue weighted by atomic mass is 9.87. The Kier molecular flexibility index (Phi) is 4.45. The maximum atomic E-state index is 12.7. The van der Waals surface area contributed by atoms with Gasteiger partial charge in [0.15, 0.2) is 18.1 Å². The molecule has 0 aromatic heterocycles. The summed E-state index contributed by atoms with van der Waals surface area (Å²) in [5.41, 5.74) is 3.31. The molecule has 1 amide bonds. The van der Waals surface area contributed by atoms with Gasteiger partial charge in [-0.1, -0.05) is 18.2 Å². The number of rotatable bonds is 4. The Morgan fingerprint density at radius 2 is 1.81 bits per heavy atom. The molecule has 0 saturated heterocycles. The average molecular weight is 353 g/mol. The molecule has 1 atom stereocenters. The topological polar surface area (TPSA) is 48.0 Å². The van der Waals surface area contributed by atoms with Crippen molar-refractivity contribution in [3.63, 3.8) is 0 Å². The summed E-state index contributed by atoms with van der Waals surface area (Å²) in [5.74, 6) is 2.29. The van der Waals surface area contributed by atoms with Crippen molar-refractivity contribution < 1.29 is 19.0 Å². The Morgan fingerprint density at radius 3 is 2.58 bits per heavy atom. The van der Waals surface area contributed by atoms with Crippen molar-refractivity contribution in [2.45, 2.75) is 26.3 Å². The van der Waals surface area contributed by atoms with Crippen LogP contribution in [0.25, 0.3) is 0 Å². The molecule has 0 N–H and O–H groups in total. The van der Waals surface area contributed by atoms with E-state index in [1.165, 1.54) is 5.56 Å². The highest BCUT2D eigenvalue weighted by Gasteiger charge is 2.37. The summed E-state index contributed by atoms with van der Waals surface area (Å²) in [7, 11) is 0. The number of para-hydroxylation sites is 1. The number of hydrogen-bond donors (Lipinski definition) is 0. The largest absolute Gasteiger partial charge is 0.490 e. The summed E-state index contributed by atoms with van der Waals surface area (Å²) in [6.45, 7) is 5.83. The predicted octanol–water partition coefficient (Wildman–Crippen LogP) is 3.35. The summed E-state index contributed by atoms with van der Waals surface area (Å²) in [5, 5.41) is 0. The molecule has 0 bridgehead atoms. The molecule has 0 fully saturated rings. The van der Waals surface area contributed by atoms with Crippen LogP contribution in [0.4, 0.5) is 0 Å². The summed E-state index contributed by atoms with van der Waals surface area (Å²) in [6, 6.07) is 11.8. The summed E-state index contributed by atoms with van der Waals surface area (Å²) in [6.07, 6.45) is 0.798. The Bertz CT molecular complexity index is 833. The highest BCUT2D eigenvalue weighted by atomic mass is 16.5. The minimum Gasteiger partial charge on any atom is -0.490 e. The van der Waals surface area contributed by atoms with Gasteiger partial charge < -0.3 is 19.1 Å². The fraction of sp³-hybridized carbons (Fsp3) is 0.381. The zero-order valence-corrected chi connectivity index (χ0v) is 15.2. The second-order valence-electron chi connectivity index (χ2n) is 6.43. The van der Waals surface area contributed by atoms with Crippen LogP contribution in [0.5, 0.6) is 17.2 Å². The smallest absolute Gasteiger partial charge is 0.261 e. The van der Waals surface area contributed by atoms with Crippen molar-refractivity contribution >= 4 is 5.91 Å². The van der Waals surface area contributed by atoms with E-state index in [2.05, 4.69) is 6.07 Å². The molecule has 5 heteroatoms. The molecular weight excluding hydrogens is 330 g/mol. The number of ether oxygens (including phenoxy) is 3. The zero-order valence-electron chi connectivity index (χ0n) is 15.2. The van der Waals surface area contributed by atoms with Crippen molar-refractivity contribution in [3.05, 3.63) is 53.1 Å². The van der Waals surface area contributed by atoms with Crippen LogP contribution in [0.2, 0.25) is 0 Å². The number of benzene rings is 2. The molecule has 2 aromatic rings. The summed E-state index contributed by atoms with van der Waals surface area (Å²) < 4.78 is 17.4. The van der Waals surface area contributed by atoms with Gasteiger partial charge in [-0.15, -0.1) is 0 Å². The van der Waals surface area contributed by atoms with E-state index in [0.717, 1.165) is 34.8 Å². The minimum absolute atomic E-state index is 0.0173. The standard InChI is InChI=1S/C21H23NO4/c1-3-24-18-11-14-9-10-22-20(23)13-26-17-8-6-5-7-15(17)21(22)16(14)12-19(18)25-4-2/h5-8,11-12,21H,3-4,9-10,13H2,1-2H3/t21-/m1/s1. The summed E-state index contributed by atoms with van der Waals surface area (Å²) >= 11 is 0. The van der Waals surface area contributed by atoms with E-state index in [9.17, 15) is 4.79 Å². The fourth-order valence-electron chi connectivity index (χ4n) is 3.83. The van der Waals surface area contributed by atoms with Gasteiger partial charge >= 0.3 is 0 Å². The lowest BCUT2D eigenvalue weighted by Gasteiger charge is -2.36. The first-order valence-electron chi connectivity index (χ1n) is 9.16. The maximum Gasteiger partial charge on any atom is 0.261 e. The van der Waals surface area contributed by atoms with E-state index in [1.54, 1.807) is 0 Å². The molecule has 2 aliphatic rings. The lowest BCUT2D eigenvalue weighted by molar-refractivity contribution is -0.134. The van der Waals surface area contributed by atoms with Gasteiger partial charge in [0.05, 0.1) is 19.3 Å². The molecule has 0 radical (unpaired) electrons. The minimum atomic E-state index is -0.153. The monoisotopic (exact) mass is 353 g/mol. The van der Waals surface area contributed by atoms with Gasteiger partial charge in [-0.2, -0.15) is 0 Å². The second-order valence-corrected chi connectivity index (χ2v) is 6.43. The van der Waals surface area contributed by atoms with Gasteiger partial charge in [-0.3, -0.25) is 4.79 Å². The molecule has 136 valence electrons. The van der Waals surface area contributed by atoms with Crippen molar-refractivity contribution in [2.24, 2.45) is 0 Å². The van der Waals surface area contributed by atoms with E-state index in [1.807, 2.05) is 49.1 Å². The molecule has 2 aliphatic heterocycles. The molecular formula is C21H23NO4. The van der Waals surface area contributed by atoms with Crippen LogP contribution in [0, 0.1) is 0 Å². The first-order chi connectivity index (χ1) is 12.7. The van der Waals surface area contributed by atoms with Crippen molar-refractivity contribution in [2.75, 3.05) is 26.4 Å². The van der Waals surface area contributed by atoms with E-state index in [-0.39, 0.29) is 18.6 Å². The lowest BCUT2D eigenvalue weighted by Crippen LogP contribution is -2.41. The molecule has 0 spiro atoms. The van der Waals surface area contributed by atoms with Crippen molar-refractivity contribution in [1.82, 2.24) is 4.90 Å². The number of amides is 1. The van der Waals surface area contributed by atoms with E-state index < -0.39 is 0 Å². The Hall–Kier alpha value is -2.69. The molecule has 5 nitrogen and oxygen atoms in total. The molecule has 2 heterocycles. The molecule has 2 aromatic carbocycles. The number of carbonyl (C=O) groups excluding carboxylic acids is 1. The van der Waals surface area contributed by atoms with Gasteiger partial charge in [-0.25, -0.2) is 0 Å². The Labute approximate surface area is 153 Å². The van der Waals surface area contributed by atoms with Crippen LogP contribution >= 0.6 is 0 Å². The Morgan fingerprint density at radius 1 is 1.08 bits per heavy atom. The van der Waals surface area contributed by atoms with Gasteiger partial charge in [-0.05, 0) is 49.6 Å². The molecule has 0 unspecified atom stereocenters. The molecule has 4 rings (SSSR count). The molecule has 26 heavy (non-hydrogen) atoms. The van der Waals surface area contributed by atoms with E-state index in [4.69, 9.17) is 14.2 Å². The normalized spacial score (nSPS) is 18.2. The number of hydrogen-bond acceptors (Lipinski definition) is 4. The number of carbonyl (C=O) groups is 1. The first-order valence-corrected chi connectivity index (χ1v) is 9.16.